The van der Waals surface area contributed by atoms with Gasteiger partial charge in [-0.3, -0.25) is 5.10 Å². The number of amidine groups is 1. The van der Waals surface area contributed by atoms with E-state index in [0.29, 0.717) is 11.3 Å². The van der Waals surface area contributed by atoms with Gasteiger partial charge in [-0.05, 0) is 19.9 Å². The average Bonchev–Trinajstić information content (AvgIpc) is 2.88. The molecule has 0 radical (unpaired) electrons. The predicted molar refractivity (Wildman–Crippen MR) is 83.8 cm³/mol. The number of hydrogen-bond acceptors (Lipinski definition) is 2. The van der Waals surface area contributed by atoms with Crippen molar-refractivity contribution >= 4 is 23.4 Å². The van der Waals surface area contributed by atoms with E-state index in [4.69, 9.17) is 0 Å². The number of H-pyrrole nitrogens is 1. The SMILES string of the molecule is C=C(/N=C(NC)\C(F)=C/C)c1n[nH]c(C(=C)F)c1/C=C\C. The van der Waals surface area contributed by atoms with Gasteiger partial charge < -0.3 is 5.32 Å². The van der Waals surface area contributed by atoms with Crippen molar-refractivity contribution in [3.63, 3.8) is 0 Å². The Morgan fingerprint density at radius 3 is 2.48 bits per heavy atom. The first-order valence-corrected chi connectivity index (χ1v) is 6.29. The van der Waals surface area contributed by atoms with E-state index in [2.05, 4.69) is 33.7 Å². The van der Waals surface area contributed by atoms with Crippen molar-refractivity contribution in [3.8, 4) is 0 Å². The smallest absolute Gasteiger partial charge is 0.162 e. The zero-order valence-corrected chi connectivity index (χ0v) is 12.3. The molecule has 1 aromatic rings. The fourth-order valence-corrected chi connectivity index (χ4v) is 1.66. The fourth-order valence-electron chi connectivity index (χ4n) is 1.66. The van der Waals surface area contributed by atoms with Gasteiger partial charge in [0, 0.05) is 12.6 Å². The lowest BCUT2D eigenvalue weighted by Gasteiger charge is -2.04. The van der Waals surface area contributed by atoms with Crippen LogP contribution in [-0.4, -0.2) is 23.1 Å². The van der Waals surface area contributed by atoms with E-state index in [1.807, 2.05) is 0 Å². The highest BCUT2D eigenvalue weighted by molar-refractivity contribution is 5.99. The summed E-state index contributed by atoms with van der Waals surface area (Å²) in [6, 6.07) is 0. The molecule has 0 aliphatic heterocycles. The Hall–Kier alpha value is -2.50. The maximum Gasteiger partial charge on any atom is 0.162 e. The summed E-state index contributed by atoms with van der Waals surface area (Å²) < 4.78 is 26.9. The summed E-state index contributed by atoms with van der Waals surface area (Å²) >= 11 is 0. The van der Waals surface area contributed by atoms with Crippen molar-refractivity contribution in [2.75, 3.05) is 7.05 Å². The molecule has 0 amide bonds. The average molecular weight is 292 g/mol. The zero-order valence-electron chi connectivity index (χ0n) is 12.3. The normalized spacial score (nSPS) is 12.8. The van der Waals surface area contributed by atoms with E-state index in [1.165, 1.54) is 6.08 Å². The number of allylic oxidation sites excluding steroid dienone is 2. The molecule has 0 aromatic carbocycles. The van der Waals surface area contributed by atoms with Crippen LogP contribution in [0.15, 0.2) is 36.1 Å². The second-order valence-corrected chi connectivity index (χ2v) is 4.06. The second kappa shape index (κ2) is 7.33. The first-order chi connectivity index (χ1) is 9.96. The Balaban J connectivity index is 3.31. The van der Waals surface area contributed by atoms with Crippen LogP contribution in [0.1, 0.15) is 30.8 Å². The Bertz CT molecular complexity index is 636. The number of hydrogen-bond donors (Lipinski definition) is 2. The lowest BCUT2D eigenvalue weighted by atomic mass is 10.1. The van der Waals surface area contributed by atoms with Crippen molar-refractivity contribution in [3.05, 3.63) is 48.1 Å². The molecule has 0 unspecified atom stereocenters. The first-order valence-electron chi connectivity index (χ1n) is 6.29. The molecule has 0 aliphatic rings. The van der Waals surface area contributed by atoms with E-state index >= 15 is 0 Å². The Labute approximate surface area is 122 Å². The summed E-state index contributed by atoms with van der Waals surface area (Å²) in [6.07, 6.45) is 4.66. The molecule has 0 fully saturated rings. The molecule has 6 heteroatoms. The van der Waals surface area contributed by atoms with Crippen LogP contribution >= 0.6 is 0 Å². The van der Waals surface area contributed by atoms with Crippen LogP contribution in [-0.2, 0) is 0 Å². The van der Waals surface area contributed by atoms with Gasteiger partial charge in [0.25, 0.3) is 0 Å². The molecule has 21 heavy (non-hydrogen) atoms. The number of rotatable bonds is 5. The number of aromatic amines is 1. The quantitative estimate of drug-likeness (QED) is 0.640. The van der Waals surface area contributed by atoms with Crippen LogP contribution in [0.4, 0.5) is 8.78 Å². The van der Waals surface area contributed by atoms with E-state index in [1.54, 1.807) is 33.0 Å². The molecule has 0 atom stereocenters. The highest BCUT2D eigenvalue weighted by Gasteiger charge is 2.16. The number of aliphatic imine (C=N–C) groups is 1. The molecule has 112 valence electrons. The van der Waals surface area contributed by atoms with Gasteiger partial charge in [-0.2, -0.15) is 5.10 Å². The Morgan fingerprint density at radius 1 is 1.33 bits per heavy atom. The molecular weight excluding hydrogens is 274 g/mol. The molecule has 0 saturated heterocycles. The summed E-state index contributed by atoms with van der Waals surface area (Å²) in [5.41, 5.74) is 1.15. The molecule has 0 aliphatic carbocycles. The van der Waals surface area contributed by atoms with E-state index in [9.17, 15) is 8.78 Å². The molecule has 1 rings (SSSR count). The van der Waals surface area contributed by atoms with Crippen molar-refractivity contribution < 1.29 is 8.78 Å². The van der Waals surface area contributed by atoms with Gasteiger partial charge in [-0.1, -0.05) is 25.3 Å². The van der Waals surface area contributed by atoms with Gasteiger partial charge in [-0.25, -0.2) is 13.8 Å². The van der Waals surface area contributed by atoms with Crippen LogP contribution in [0.2, 0.25) is 0 Å². The monoisotopic (exact) mass is 292 g/mol. The number of nitrogens with one attached hydrogen (secondary N) is 2. The molecule has 0 spiro atoms. The number of aromatic nitrogens is 2. The highest BCUT2D eigenvalue weighted by Crippen LogP contribution is 2.26. The second-order valence-electron chi connectivity index (χ2n) is 4.06. The molecule has 0 saturated carbocycles. The molecule has 2 N–H and O–H groups in total. The minimum atomic E-state index is -0.646. The maximum absolute atomic E-state index is 13.6. The van der Waals surface area contributed by atoms with Crippen molar-refractivity contribution in [1.29, 1.82) is 0 Å². The van der Waals surface area contributed by atoms with Gasteiger partial charge in [0.15, 0.2) is 11.7 Å². The lowest BCUT2D eigenvalue weighted by Crippen LogP contribution is -2.18. The van der Waals surface area contributed by atoms with Gasteiger partial charge in [-0.15, -0.1) is 0 Å². The maximum atomic E-state index is 13.6. The molecule has 4 nitrogen and oxygen atoms in total. The predicted octanol–water partition coefficient (Wildman–Crippen LogP) is 3.84. The van der Waals surface area contributed by atoms with Gasteiger partial charge in [0.05, 0.1) is 5.70 Å². The number of nitrogens with zero attached hydrogens (tertiary/aromatic N) is 2. The third-order valence-electron chi connectivity index (χ3n) is 2.65. The largest absolute Gasteiger partial charge is 0.371 e. The van der Waals surface area contributed by atoms with Gasteiger partial charge in [0.1, 0.15) is 17.2 Å². The highest BCUT2D eigenvalue weighted by atomic mass is 19.1. The summed E-state index contributed by atoms with van der Waals surface area (Å²) in [5, 5.41) is 9.15. The van der Waals surface area contributed by atoms with Crippen LogP contribution in [0.25, 0.3) is 17.6 Å². The Morgan fingerprint density at radius 2 is 2.00 bits per heavy atom. The molecular formula is C15H18F2N4. The topological polar surface area (TPSA) is 53.1 Å². The summed E-state index contributed by atoms with van der Waals surface area (Å²) in [7, 11) is 1.54. The lowest BCUT2D eigenvalue weighted by molar-refractivity contribution is 0.672. The van der Waals surface area contributed by atoms with Gasteiger partial charge >= 0.3 is 0 Å². The minimum absolute atomic E-state index is 0.0255. The van der Waals surface area contributed by atoms with Crippen molar-refractivity contribution in [2.24, 2.45) is 4.99 Å². The summed E-state index contributed by atoms with van der Waals surface area (Å²) in [5.74, 6) is -1.14. The fraction of sp³-hybridized carbons (Fsp3) is 0.200. The standard InChI is InChI=1S/C15H18F2N4/c1-6-8-11-13(9(3)16)20-21-14(11)10(4)19-15(18-5)12(17)7-2/h6-8H,3-4H2,1-2,5H3,(H,18,19)(H,20,21)/b8-6-,12-7+. The number of likely N-dealkylation sites (N-methyl/N-ethyl adjacent to an activating group) is 1. The van der Waals surface area contributed by atoms with Gasteiger partial charge in [0.2, 0.25) is 0 Å². The van der Waals surface area contributed by atoms with Crippen LogP contribution in [0.5, 0.6) is 0 Å². The van der Waals surface area contributed by atoms with Crippen LogP contribution in [0.3, 0.4) is 0 Å². The minimum Gasteiger partial charge on any atom is -0.371 e. The zero-order chi connectivity index (χ0) is 16.0. The summed E-state index contributed by atoms with van der Waals surface area (Å²) in [6.45, 7) is 10.3. The van der Waals surface area contributed by atoms with E-state index in [0.717, 1.165) is 0 Å². The number of halogens is 2. The van der Waals surface area contributed by atoms with E-state index in [-0.39, 0.29) is 17.2 Å². The van der Waals surface area contributed by atoms with Crippen molar-refractivity contribution in [1.82, 2.24) is 15.5 Å². The Kier molecular flexibility index (Phi) is 5.78. The molecule has 1 aromatic heterocycles. The van der Waals surface area contributed by atoms with Crippen molar-refractivity contribution in [2.45, 2.75) is 13.8 Å². The summed E-state index contributed by atoms with van der Waals surface area (Å²) in [4.78, 5) is 4.05. The molecule has 1 heterocycles. The van der Waals surface area contributed by atoms with E-state index < -0.39 is 11.7 Å². The first kappa shape index (κ1) is 16.6. The third-order valence-corrected chi connectivity index (χ3v) is 2.65. The molecule has 0 bridgehead atoms. The van der Waals surface area contributed by atoms with Crippen LogP contribution in [0, 0.1) is 0 Å². The third kappa shape index (κ3) is 3.75. The van der Waals surface area contributed by atoms with Crippen LogP contribution < -0.4 is 5.32 Å².